The van der Waals surface area contributed by atoms with Crippen LogP contribution in [0.25, 0.3) is 0 Å². The summed E-state index contributed by atoms with van der Waals surface area (Å²) in [7, 11) is 6.20. The lowest BCUT2D eigenvalue weighted by atomic mass is 10.0. The van der Waals surface area contributed by atoms with Gasteiger partial charge in [-0.05, 0) is 47.1 Å². The zero-order chi connectivity index (χ0) is 14.3. The van der Waals surface area contributed by atoms with E-state index >= 15 is 0 Å². The molecule has 0 bridgehead atoms. The van der Waals surface area contributed by atoms with Crippen LogP contribution in [0.1, 0.15) is 30.1 Å². The van der Waals surface area contributed by atoms with Gasteiger partial charge in [-0.3, -0.25) is 9.69 Å². The molecule has 106 valence electrons. The van der Waals surface area contributed by atoms with E-state index in [1.165, 1.54) is 0 Å². The predicted molar refractivity (Wildman–Crippen MR) is 80.7 cm³/mol. The number of hydrogen-bond acceptors (Lipinski definition) is 3. The molecule has 3 nitrogen and oxygen atoms in total. The molecule has 0 aliphatic carbocycles. The summed E-state index contributed by atoms with van der Waals surface area (Å²) in [5.41, 5.74) is 0.814. The van der Waals surface area contributed by atoms with Crippen molar-refractivity contribution < 1.29 is 4.79 Å². The SMILES string of the molecule is CCC(C(=O)c1ccccc1)N(C)CCCN(C)C. The molecule has 1 unspecified atom stereocenters. The minimum atomic E-state index is -0.00966. The van der Waals surface area contributed by atoms with Gasteiger partial charge in [0.25, 0.3) is 0 Å². The van der Waals surface area contributed by atoms with Gasteiger partial charge in [0.1, 0.15) is 0 Å². The lowest BCUT2D eigenvalue weighted by Gasteiger charge is -2.26. The van der Waals surface area contributed by atoms with Crippen molar-refractivity contribution >= 4 is 5.78 Å². The van der Waals surface area contributed by atoms with Crippen LogP contribution >= 0.6 is 0 Å². The molecule has 19 heavy (non-hydrogen) atoms. The molecule has 1 rings (SSSR count). The number of carbonyl (C=O) groups excluding carboxylic acids is 1. The third kappa shape index (κ3) is 5.13. The van der Waals surface area contributed by atoms with Crippen molar-refractivity contribution in [2.24, 2.45) is 0 Å². The number of ketones is 1. The van der Waals surface area contributed by atoms with Crippen LogP contribution in [0.15, 0.2) is 30.3 Å². The third-order valence-corrected chi connectivity index (χ3v) is 3.40. The first-order chi connectivity index (χ1) is 9.06. The van der Waals surface area contributed by atoms with Gasteiger partial charge >= 0.3 is 0 Å². The van der Waals surface area contributed by atoms with Gasteiger partial charge in [0.05, 0.1) is 6.04 Å². The van der Waals surface area contributed by atoms with Crippen molar-refractivity contribution in [3.05, 3.63) is 35.9 Å². The lowest BCUT2D eigenvalue weighted by molar-refractivity contribution is 0.0842. The molecule has 0 spiro atoms. The van der Waals surface area contributed by atoms with Gasteiger partial charge in [0.2, 0.25) is 0 Å². The summed E-state index contributed by atoms with van der Waals surface area (Å²) in [6.45, 7) is 4.09. The molecule has 0 N–H and O–H groups in total. The van der Waals surface area contributed by atoms with Crippen molar-refractivity contribution in [1.29, 1.82) is 0 Å². The maximum absolute atomic E-state index is 12.5. The topological polar surface area (TPSA) is 23.6 Å². The molecule has 1 aromatic carbocycles. The van der Waals surface area contributed by atoms with E-state index in [4.69, 9.17) is 0 Å². The first-order valence-corrected chi connectivity index (χ1v) is 7.00. The summed E-state index contributed by atoms with van der Waals surface area (Å²) in [6.07, 6.45) is 1.94. The Morgan fingerprint density at radius 2 is 1.74 bits per heavy atom. The number of hydrogen-bond donors (Lipinski definition) is 0. The van der Waals surface area contributed by atoms with Gasteiger partial charge in [-0.2, -0.15) is 0 Å². The van der Waals surface area contributed by atoms with Crippen LogP contribution < -0.4 is 0 Å². The molecular formula is C16H26N2O. The molecule has 0 aliphatic rings. The summed E-state index contributed by atoms with van der Waals surface area (Å²) < 4.78 is 0. The number of rotatable bonds is 8. The maximum atomic E-state index is 12.5. The van der Waals surface area contributed by atoms with Crippen LogP contribution in [-0.2, 0) is 0 Å². The summed E-state index contributed by atoms with van der Waals surface area (Å²) in [5, 5.41) is 0. The largest absolute Gasteiger partial charge is 0.309 e. The third-order valence-electron chi connectivity index (χ3n) is 3.40. The Morgan fingerprint density at radius 1 is 1.11 bits per heavy atom. The highest BCUT2D eigenvalue weighted by Crippen LogP contribution is 2.11. The van der Waals surface area contributed by atoms with Crippen LogP contribution in [0.2, 0.25) is 0 Å². The lowest BCUT2D eigenvalue weighted by Crippen LogP contribution is -2.39. The number of carbonyl (C=O) groups is 1. The molecule has 0 fully saturated rings. The summed E-state index contributed by atoms with van der Waals surface area (Å²) >= 11 is 0. The van der Waals surface area contributed by atoms with Crippen molar-refractivity contribution in [3.63, 3.8) is 0 Å². The molecular weight excluding hydrogens is 236 g/mol. The van der Waals surface area contributed by atoms with Gasteiger partial charge in [-0.15, -0.1) is 0 Å². The Kier molecular flexibility index (Phi) is 6.74. The van der Waals surface area contributed by atoms with E-state index in [1.807, 2.05) is 37.4 Å². The minimum absolute atomic E-state index is 0.00966. The first-order valence-electron chi connectivity index (χ1n) is 7.00. The predicted octanol–water partition coefficient (Wildman–Crippen LogP) is 2.53. The smallest absolute Gasteiger partial charge is 0.179 e. The van der Waals surface area contributed by atoms with Gasteiger partial charge in [-0.1, -0.05) is 37.3 Å². The second kappa shape index (κ2) is 8.08. The Balaban J connectivity index is 2.59. The van der Waals surface area contributed by atoms with Crippen LogP contribution in [-0.4, -0.2) is 55.9 Å². The van der Waals surface area contributed by atoms with Gasteiger partial charge in [-0.25, -0.2) is 0 Å². The molecule has 0 amide bonds. The van der Waals surface area contributed by atoms with Gasteiger partial charge in [0, 0.05) is 5.56 Å². The average Bonchev–Trinajstić information content (AvgIpc) is 2.40. The van der Waals surface area contributed by atoms with E-state index in [0.717, 1.165) is 31.5 Å². The quantitative estimate of drug-likeness (QED) is 0.673. The molecule has 3 heteroatoms. The molecule has 1 aromatic rings. The number of Topliss-reactive ketones (excluding diaryl/α,β-unsaturated/α-hetero) is 1. The van der Waals surface area contributed by atoms with Crippen LogP contribution in [0, 0.1) is 0 Å². The zero-order valence-electron chi connectivity index (χ0n) is 12.6. The average molecular weight is 262 g/mol. The van der Waals surface area contributed by atoms with Crippen LogP contribution in [0.4, 0.5) is 0 Å². The van der Waals surface area contributed by atoms with E-state index in [9.17, 15) is 4.79 Å². The maximum Gasteiger partial charge on any atom is 0.179 e. The highest BCUT2D eigenvalue weighted by molar-refractivity contribution is 6.00. The molecule has 0 saturated carbocycles. The van der Waals surface area contributed by atoms with Gasteiger partial charge in [0.15, 0.2) is 5.78 Å². The van der Waals surface area contributed by atoms with E-state index in [0.29, 0.717) is 0 Å². The summed E-state index contributed by atoms with van der Waals surface area (Å²) in [5.74, 6) is 0.232. The van der Waals surface area contributed by atoms with Crippen molar-refractivity contribution in [2.45, 2.75) is 25.8 Å². The summed E-state index contributed by atoms with van der Waals surface area (Å²) in [6, 6.07) is 9.58. The minimum Gasteiger partial charge on any atom is -0.309 e. The fourth-order valence-electron chi connectivity index (χ4n) is 2.28. The van der Waals surface area contributed by atoms with E-state index < -0.39 is 0 Å². The van der Waals surface area contributed by atoms with E-state index in [1.54, 1.807) is 0 Å². The van der Waals surface area contributed by atoms with Gasteiger partial charge < -0.3 is 4.90 Å². The standard InChI is InChI=1S/C16H26N2O/c1-5-15(18(4)13-9-12-17(2)3)16(19)14-10-7-6-8-11-14/h6-8,10-11,15H,5,9,12-13H2,1-4H3. The highest BCUT2D eigenvalue weighted by Gasteiger charge is 2.21. The fraction of sp³-hybridized carbons (Fsp3) is 0.562. The Morgan fingerprint density at radius 3 is 2.26 bits per heavy atom. The van der Waals surface area contributed by atoms with Crippen LogP contribution in [0.3, 0.4) is 0 Å². The molecule has 0 saturated heterocycles. The molecule has 0 radical (unpaired) electrons. The normalized spacial score (nSPS) is 12.9. The number of benzene rings is 1. The van der Waals surface area contributed by atoms with Crippen molar-refractivity contribution in [1.82, 2.24) is 9.80 Å². The first kappa shape index (κ1) is 15.9. The number of nitrogens with zero attached hydrogens (tertiary/aromatic N) is 2. The molecule has 0 aromatic heterocycles. The summed E-state index contributed by atoms with van der Waals surface area (Å²) in [4.78, 5) is 16.8. The Bertz CT molecular complexity index is 376. The molecule has 0 aliphatic heterocycles. The Labute approximate surface area is 117 Å². The number of likely N-dealkylation sites (N-methyl/N-ethyl adjacent to an activating group) is 1. The monoisotopic (exact) mass is 262 g/mol. The second-order valence-electron chi connectivity index (χ2n) is 5.29. The van der Waals surface area contributed by atoms with Crippen molar-refractivity contribution in [2.75, 3.05) is 34.2 Å². The second-order valence-corrected chi connectivity index (χ2v) is 5.29. The van der Waals surface area contributed by atoms with Crippen LogP contribution in [0.5, 0.6) is 0 Å². The highest BCUT2D eigenvalue weighted by atomic mass is 16.1. The van der Waals surface area contributed by atoms with E-state index in [-0.39, 0.29) is 11.8 Å². The molecule has 1 atom stereocenters. The molecule has 0 heterocycles. The van der Waals surface area contributed by atoms with Crippen molar-refractivity contribution in [3.8, 4) is 0 Å². The zero-order valence-corrected chi connectivity index (χ0v) is 12.6. The Hall–Kier alpha value is -1.19. The fourth-order valence-corrected chi connectivity index (χ4v) is 2.28. The van der Waals surface area contributed by atoms with E-state index in [2.05, 4.69) is 30.8 Å².